The van der Waals surface area contributed by atoms with Gasteiger partial charge in [-0.2, -0.15) is 0 Å². The highest BCUT2D eigenvalue weighted by atomic mass is 32.2. The van der Waals surface area contributed by atoms with Crippen molar-refractivity contribution in [2.45, 2.75) is 6.42 Å². The van der Waals surface area contributed by atoms with Crippen molar-refractivity contribution < 1.29 is 4.79 Å². The summed E-state index contributed by atoms with van der Waals surface area (Å²) in [5.74, 6) is 3.35. The summed E-state index contributed by atoms with van der Waals surface area (Å²) in [7, 11) is 0. The van der Waals surface area contributed by atoms with Crippen LogP contribution in [0.2, 0.25) is 0 Å². The molecule has 0 aromatic rings. The van der Waals surface area contributed by atoms with Gasteiger partial charge in [-0.25, -0.2) is 0 Å². The molecule has 0 spiro atoms. The summed E-state index contributed by atoms with van der Waals surface area (Å²) in [5.41, 5.74) is 0. The first-order valence-corrected chi connectivity index (χ1v) is 3.92. The fraction of sp³-hybridized carbons (Fsp3) is 0.250. The normalized spacial score (nSPS) is 8.80. The molecule has 0 fully saturated rings. The van der Waals surface area contributed by atoms with Crippen LogP contribution in [0.25, 0.3) is 0 Å². The van der Waals surface area contributed by atoms with Gasteiger partial charge in [-0.05, 0) is 0 Å². The number of allylic oxidation sites excluding steroid dienone is 1. The molecular weight excluding hydrogens is 144 g/mol. The zero-order valence-electron chi connectivity index (χ0n) is 5.80. The van der Waals surface area contributed by atoms with Gasteiger partial charge in [0.05, 0.1) is 0 Å². The third-order valence-electron chi connectivity index (χ3n) is 0.717. The molecule has 54 valence electrons. The minimum absolute atomic E-state index is 0.0122. The van der Waals surface area contributed by atoms with E-state index in [1.165, 1.54) is 11.8 Å². The number of carbonyl (C=O) groups excluding carboxylic acids is 1. The molecule has 0 aliphatic carbocycles. The maximum Gasteiger partial charge on any atom is 0.156 e. The maximum absolute atomic E-state index is 10.7. The summed E-state index contributed by atoms with van der Waals surface area (Å²) in [4.78, 5) is 10.7. The summed E-state index contributed by atoms with van der Waals surface area (Å²) >= 11 is 1.34. The van der Waals surface area contributed by atoms with Crippen molar-refractivity contribution >= 4 is 17.5 Å². The number of rotatable bonds is 6. The Morgan fingerprint density at radius 1 is 1.50 bits per heavy atom. The molecule has 0 rings (SSSR count). The molecule has 0 bridgehead atoms. The Labute approximate surface area is 66.2 Å². The lowest BCUT2D eigenvalue weighted by Crippen LogP contribution is -1.92. The third kappa shape index (κ3) is 5.63. The first-order chi connectivity index (χ1) is 4.81. The minimum atomic E-state index is -0.0122. The Kier molecular flexibility index (Phi) is 6.29. The van der Waals surface area contributed by atoms with Crippen LogP contribution in [-0.2, 0) is 4.79 Å². The molecule has 2 radical (unpaired) electrons. The molecule has 0 aliphatic rings. The van der Waals surface area contributed by atoms with Crippen molar-refractivity contribution in [3.63, 3.8) is 0 Å². The average molecular weight is 154 g/mol. The minimum Gasteiger partial charge on any atom is -0.298 e. The number of carbonyl (C=O) groups is 1. The summed E-state index contributed by atoms with van der Waals surface area (Å²) < 4.78 is 0. The van der Waals surface area contributed by atoms with Crippen molar-refractivity contribution in [2.75, 3.05) is 5.75 Å². The summed E-state index contributed by atoms with van der Waals surface area (Å²) in [6, 6.07) is 0. The van der Waals surface area contributed by atoms with E-state index in [1.807, 2.05) is 0 Å². The molecule has 1 nitrogen and oxygen atoms in total. The van der Waals surface area contributed by atoms with Crippen LogP contribution >= 0.6 is 11.8 Å². The van der Waals surface area contributed by atoms with Gasteiger partial charge in [0.15, 0.2) is 5.78 Å². The van der Waals surface area contributed by atoms with Crippen molar-refractivity contribution in [1.29, 1.82) is 0 Å². The maximum atomic E-state index is 10.7. The second kappa shape index (κ2) is 6.62. The molecule has 0 amide bonds. The van der Waals surface area contributed by atoms with Crippen LogP contribution in [-0.4, -0.2) is 11.5 Å². The van der Waals surface area contributed by atoms with Crippen LogP contribution in [0.3, 0.4) is 0 Å². The van der Waals surface area contributed by atoms with Gasteiger partial charge in [0.2, 0.25) is 0 Å². The second-order valence-corrected chi connectivity index (χ2v) is 2.44. The third-order valence-corrected chi connectivity index (χ3v) is 1.49. The largest absolute Gasteiger partial charge is 0.298 e. The van der Waals surface area contributed by atoms with Gasteiger partial charge in [-0.1, -0.05) is 12.2 Å². The predicted octanol–water partition coefficient (Wildman–Crippen LogP) is 2.09. The van der Waals surface area contributed by atoms with E-state index < -0.39 is 0 Å². The first kappa shape index (κ1) is 9.50. The zero-order chi connectivity index (χ0) is 7.82. The standard InChI is InChI=1S/C8H10OS/c1-3-5-8(9)7-10-6-4-2/h3-4H,1-2,5-6H2. The SMILES string of the molecule is C=CCS[C]C(=O)CC=C. The Hall–Kier alpha value is -0.500. The zero-order valence-corrected chi connectivity index (χ0v) is 6.62. The van der Waals surface area contributed by atoms with Crippen molar-refractivity contribution in [3.05, 3.63) is 31.1 Å². The van der Waals surface area contributed by atoms with Crippen LogP contribution in [0.4, 0.5) is 0 Å². The van der Waals surface area contributed by atoms with Crippen LogP contribution in [0.1, 0.15) is 6.42 Å². The van der Waals surface area contributed by atoms with Gasteiger partial charge < -0.3 is 0 Å². The number of hydrogen-bond acceptors (Lipinski definition) is 2. The molecule has 0 aromatic carbocycles. The molecule has 2 heteroatoms. The summed E-state index contributed by atoms with van der Waals surface area (Å²) in [6.45, 7) is 6.95. The Bertz CT molecular complexity index is 129. The van der Waals surface area contributed by atoms with E-state index in [-0.39, 0.29) is 5.78 Å². The van der Waals surface area contributed by atoms with E-state index in [1.54, 1.807) is 12.2 Å². The van der Waals surface area contributed by atoms with Crippen LogP contribution in [0.5, 0.6) is 0 Å². The van der Waals surface area contributed by atoms with Gasteiger partial charge in [0, 0.05) is 12.2 Å². The Morgan fingerprint density at radius 3 is 2.70 bits per heavy atom. The van der Waals surface area contributed by atoms with E-state index in [2.05, 4.69) is 18.9 Å². The molecule has 0 atom stereocenters. The van der Waals surface area contributed by atoms with E-state index >= 15 is 0 Å². The number of hydrogen-bond donors (Lipinski definition) is 0. The first-order valence-electron chi connectivity index (χ1n) is 2.93. The number of ketones is 1. The van der Waals surface area contributed by atoms with E-state index in [0.717, 1.165) is 5.75 Å². The number of Topliss-reactive ketones (excluding diaryl/α,β-unsaturated/α-hetero) is 1. The molecule has 0 saturated carbocycles. The van der Waals surface area contributed by atoms with E-state index in [0.29, 0.717) is 6.42 Å². The average Bonchev–Trinajstić information content (AvgIpc) is 1.89. The fourth-order valence-electron chi connectivity index (χ4n) is 0.354. The van der Waals surface area contributed by atoms with Gasteiger partial charge >= 0.3 is 0 Å². The quantitative estimate of drug-likeness (QED) is 0.430. The topological polar surface area (TPSA) is 17.1 Å². The lowest BCUT2D eigenvalue weighted by Gasteiger charge is -1.91. The van der Waals surface area contributed by atoms with Crippen LogP contribution in [0.15, 0.2) is 25.3 Å². The second-order valence-electron chi connectivity index (χ2n) is 1.62. The lowest BCUT2D eigenvalue weighted by atomic mass is 10.3. The van der Waals surface area contributed by atoms with Crippen molar-refractivity contribution in [1.82, 2.24) is 0 Å². The molecule has 0 aliphatic heterocycles. The summed E-state index contributed by atoms with van der Waals surface area (Å²) in [5, 5.41) is 0. The highest BCUT2D eigenvalue weighted by Crippen LogP contribution is 2.06. The molecule has 0 aromatic heterocycles. The van der Waals surface area contributed by atoms with Crippen molar-refractivity contribution in [3.8, 4) is 0 Å². The van der Waals surface area contributed by atoms with Gasteiger partial charge in [-0.15, -0.1) is 24.9 Å². The van der Waals surface area contributed by atoms with Gasteiger partial charge in [0.1, 0.15) is 5.75 Å². The highest BCUT2D eigenvalue weighted by Gasteiger charge is 1.98. The van der Waals surface area contributed by atoms with Crippen LogP contribution < -0.4 is 0 Å². The Balaban J connectivity index is 3.20. The fourth-order valence-corrected chi connectivity index (χ4v) is 0.799. The monoisotopic (exact) mass is 154 g/mol. The van der Waals surface area contributed by atoms with E-state index in [9.17, 15) is 4.79 Å². The molecule has 0 saturated heterocycles. The van der Waals surface area contributed by atoms with Crippen LogP contribution in [0, 0.1) is 5.75 Å². The lowest BCUT2D eigenvalue weighted by molar-refractivity contribution is -0.114. The molecule has 0 N–H and O–H groups in total. The molecule has 0 unspecified atom stereocenters. The van der Waals surface area contributed by atoms with Gasteiger partial charge in [-0.3, -0.25) is 4.79 Å². The van der Waals surface area contributed by atoms with Gasteiger partial charge in [0.25, 0.3) is 0 Å². The smallest absolute Gasteiger partial charge is 0.156 e. The van der Waals surface area contributed by atoms with Crippen molar-refractivity contribution in [2.24, 2.45) is 0 Å². The number of thioether (sulfide) groups is 1. The Morgan fingerprint density at radius 2 is 2.20 bits per heavy atom. The summed E-state index contributed by atoms with van der Waals surface area (Å²) in [6.07, 6.45) is 3.69. The molecule has 0 heterocycles. The van der Waals surface area contributed by atoms with E-state index in [4.69, 9.17) is 0 Å². The molecular formula is C8H10OS. The highest BCUT2D eigenvalue weighted by molar-refractivity contribution is 8.02. The molecule has 10 heavy (non-hydrogen) atoms. The predicted molar refractivity (Wildman–Crippen MR) is 45.7 cm³/mol.